The topological polar surface area (TPSA) is 38.9 Å². The van der Waals surface area contributed by atoms with E-state index >= 15 is 0 Å². The zero-order valence-corrected chi connectivity index (χ0v) is 21.7. The molecule has 2 saturated carbocycles. The number of hydrogen-bond acceptors (Lipinski definition) is 3. The Balaban J connectivity index is 1.23. The number of rotatable bonds is 3. The first-order valence-corrected chi connectivity index (χ1v) is 14.5. The third-order valence-electron chi connectivity index (χ3n) is 9.74. The van der Waals surface area contributed by atoms with Gasteiger partial charge in [0.1, 0.15) is 5.69 Å². The van der Waals surface area contributed by atoms with Crippen LogP contribution in [0.25, 0.3) is 22.6 Å². The molecule has 2 unspecified atom stereocenters. The molecule has 186 valence electrons. The molecule has 2 saturated heterocycles. The summed E-state index contributed by atoms with van der Waals surface area (Å²) in [5.41, 5.74) is 3.09. The number of aryl methyl sites for hydroxylation is 1. The van der Waals surface area contributed by atoms with Gasteiger partial charge < -0.3 is 4.57 Å². The Morgan fingerprint density at radius 2 is 1.51 bits per heavy atom. The van der Waals surface area contributed by atoms with Gasteiger partial charge in [-0.1, -0.05) is 55.8 Å². The van der Waals surface area contributed by atoms with Crippen LogP contribution in [-0.2, 0) is 7.05 Å². The summed E-state index contributed by atoms with van der Waals surface area (Å²) in [5.74, 6) is 2.90. The molecule has 2 aliphatic carbocycles. The average molecular weight is 492 g/mol. The highest BCUT2D eigenvalue weighted by Gasteiger charge is 2.45. The number of imidazole rings is 1. The molecule has 3 aromatic rings. The summed E-state index contributed by atoms with van der Waals surface area (Å²) in [7, 11) is 1.94. The van der Waals surface area contributed by atoms with E-state index in [0.717, 1.165) is 34.9 Å². The van der Waals surface area contributed by atoms with Gasteiger partial charge in [0.15, 0.2) is 5.82 Å². The van der Waals surface area contributed by atoms with Crippen molar-refractivity contribution in [1.29, 1.82) is 0 Å². The molecule has 0 radical (unpaired) electrons. The summed E-state index contributed by atoms with van der Waals surface area (Å²) in [6.45, 7) is 0. The molecular formula is C29H38ClN5. The smallest absolute Gasteiger partial charge is 0.163 e. The van der Waals surface area contributed by atoms with E-state index in [1.54, 1.807) is 4.68 Å². The van der Waals surface area contributed by atoms with Gasteiger partial charge in [-0.05, 0) is 68.9 Å². The quantitative estimate of drug-likeness (QED) is 0.395. The minimum Gasteiger partial charge on any atom is -0.319 e. The SMILES string of the molecule is Cn1cc(Cl)c(-c2nc3ccccc3n2C2C[C@H]3CCC[C@@H](C2)N3C2C[C@H]3CCCC[C@@H](C2)C3)n1. The van der Waals surface area contributed by atoms with Crippen LogP contribution in [0.3, 0.4) is 0 Å². The molecule has 5 nitrogen and oxygen atoms in total. The fraction of sp³-hybridized carbons (Fsp3) is 0.655. The number of fused-ring (bicyclic) bond motifs is 5. The van der Waals surface area contributed by atoms with Gasteiger partial charge >= 0.3 is 0 Å². The monoisotopic (exact) mass is 491 g/mol. The van der Waals surface area contributed by atoms with Crippen molar-refractivity contribution < 1.29 is 0 Å². The van der Waals surface area contributed by atoms with Crippen molar-refractivity contribution in [3.8, 4) is 11.5 Å². The van der Waals surface area contributed by atoms with Crippen LogP contribution in [0.1, 0.15) is 83.1 Å². The van der Waals surface area contributed by atoms with E-state index < -0.39 is 0 Å². The predicted octanol–water partition coefficient (Wildman–Crippen LogP) is 7.01. The van der Waals surface area contributed by atoms with Crippen molar-refractivity contribution in [3.63, 3.8) is 0 Å². The standard InChI is InChI=1S/C29H38ClN5/c1-33-18-25(30)28(32-33)29-31-26-11-4-5-12-27(26)35(29)24-16-21-9-6-10-22(17-24)34(21)23-14-19-7-2-3-8-20(13-19)15-23/h4-5,11-12,18-24H,2-3,6-10,13-17H2,1H3/t19-,20+,21-,22+,23?,24?. The molecule has 0 N–H and O–H groups in total. The molecule has 2 aliphatic heterocycles. The highest BCUT2D eigenvalue weighted by molar-refractivity contribution is 6.32. The second-order valence-electron chi connectivity index (χ2n) is 12.0. The van der Waals surface area contributed by atoms with Crippen LogP contribution in [0, 0.1) is 11.8 Å². The van der Waals surface area contributed by atoms with Crippen molar-refractivity contribution in [1.82, 2.24) is 24.2 Å². The Bertz CT molecular complexity index is 1190. The van der Waals surface area contributed by atoms with Crippen LogP contribution < -0.4 is 0 Å². The Morgan fingerprint density at radius 3 is 2.20 bits per heavy atom. The van der Waals surface area contributed by atoms with Gasteiger partial charge in [-0.25, -0.2) is 4.98 Å². The Hall–Kier alpha value is -1.85. The molecule has 6 heteroatoms. The molecule has 0 spiro atoms. The number of aromatic nitrogens is 4. The van der Waals surface area contributed by atoms with E-state index in [1.165, 1.54) is 82.6 Å². The highest BCUT2D eigenvalue weighted by atomic mass is 35.5. The van der Waals surface area contributed by atoms with Crippen LogP contribution in [0.2, 0.25) is 5.02 Å². The number of benzene rings is 1. The summed E-state index contributed by atoms with van der Waals surface area (Å²) in [4.78, 5) is 8.13. The zero-order chi connectivity index (χ0) is 23.5. The summed E-state index contributed by atoms with van der Waals surface area (Å²) in [5, 5.41) is 5.41. The molecule has 2 aromatic heterocycles. The molecule has 35 heavy (non-hydrogen) atoms. The minimum absolute atomic E-state index is 0.452. The number of halogens is 1. The van der Waals surface area contributed by atoms with Crippen molar-refractivity contribution in [2.24, 2.45) is 18.9 Å². The molecule has 0 amide bonds. The lowest BCUT2D eigenvalue weighted by atomic mass is 9.73. The lowest BCUT2D eigenvalue weighted by molar-refractivity contribution is -0.0415. The van der Waals surface area contributed by atoms with Crippen LogP contribution in [0.15, 0.2) is 30.5 Å². The van der Waals surface area contributed by atoms with E-state index in [1.807, 2.05) is 13.2 Å². The summed E-state index contributed by atoms with van der Waals surface area (Å²) in [6.07, 6.45) is 18.7. The van der Waals surface area contributed by atoms with Crippen LogP contribution in [0.5, 0.6) is 0 Å². The van der Waals surface area contributed by atoms with Gasteiger partial charge in [0, 0.05) is 37.4 Å². The van der Waals surface area contributed by atoms with Gasteiger partial charge in [0.2, 0.25) is 0 Å². The van der Waals surface area contributed by atoms with Crippen LogP contribution in [0.4, 0.5) is 0 Å². The number of piperidine rings is 2. The predicted molar refractivity (Wildman–Crippen MR) is 142 cm³/mol. The van der Waals surface area contributed by atoms with Crippen molar-refractivity contribution in [2.45, 2.75) is 101 Å². The third-order valence-corrected chi connectivity index (χ3v) is 10.0. The zero-order valence-electron chi connectivity index (χ0n) is 21.0. The second kappa shape index (κ2) is 8.92. The van der Waals surface area contributed by atoms with Crippen molar-refractivity contribution >= 4 is 22.6 Å². The maximum Gasteiger partial charge on any atom is 0.163 e. The molecule has 7 rings (SSSR count). The summed E-state index contributed by atoms with van der Waals surface area (Å²) >= 11 is 6.65. The molecule has 4 fully saturated rings. The summed E-state index contributed by atoms with van der Waals surface area (Å²) < 4.78 is 4.31. The van der Waals surface area contributed by atoms with Gasteiger partial charge in [0.05, 0.1) is 16.1 Å². The first-order valence-electron chi connectivity index (χ1n) is 14.1. The normalized spacial score (nSPS) is 33.7. The average Bonchev–Trinajstić information content (AvgIpc) is 3.34. The van der Waals surface area contributed by atoms with E-state index in [2.05, 4.69) is 33.7 Å². The van der Waals surface area contributed by atoms with E-state index in [9.17, 15) is 0 Å². The fourth-order valence-corrected chi connectivity index (χ4v) is 8.76. The lowest BCUT2D eigenvalue weighted by Crippen LogP contribution is -2.58. The number of hydrogen-bond donors (Lipinski definition) is 0. The second-order valence-corrected chi connectivity index (χ2v) is 12.4. The molecule has 4 bridgehead atoms. The fourth-order valence-electron chi connectivity index (χ4n) is 8.50. The molecule has 6 atom stereocenters. The van der Waals surface area contributed by atoms with Gasteiger partial charge in [-0.15, -0.1) is 0 Å². The molecule has 4 aliphatic rings. The Morgan fingerprint density at radius 1 is 0.800 bits per heavy atom. The Labute approximate surface area is 213 Å². The van der Waals surface area contributed by atoms with Gasteiger partial charge in [-0.2, -0.15) is 5.10 Å². The largest absolute Gasteiger partial charge is 0.319 e. The number of nitrogens with zero attached hydrogens (tertiary/aromatic N) is 5. The lowest BCUT2D eigenvalue weighted by Gasteiger charge is -2.54. The van der Waals surface area contributed by atoms with E-state index in [4.69, 9.17) is 21.7 Å². The van der Waals surface area contributed by atoms with Gasteiger partial charge in [0.25, 0.3) is 0 Å². The van der Waals surface area contributed by atoms with E-state index in [-0.39, 0.29) is 0 Å². The molecule has 4 heterocycles. The first kappa shape index (κ1) is 22.4. The molecule has 1 aromatic carbocycles. The van der Waals surface area contributed by atoms with E-state index in [0.29, 0.717) is 23.1 Å². The minimum atomic E-state index is 0.452. The maximum absolute atomic E-state index is 6.65. The maximum atomic E-state index is 6.65. The van der Waals surface area contributed by atoms with Crippen molar-refractivity contribution in [3.05, 3.63) is 35.5 Å². The summed E-state index contributed by atoms with van der Waals surface area (Å²) in [6, 6.07) is 11.3. The van der Waals surface area contributed by atoms with Crippen LogP contribution >= 0.6 is 11.6 Å². The van der Waals surface area contributed by atoms with Gasteiger partial charge in [-0.3, -0.25) is 9.58 Å². The van der Waals surface area contributed by atoms with Crippen LogP contribution in [-0.4, -0.2) is 42.4 Å². The first-order chi connectivity index (χ1) is 17.1. The molecular weight excluding hydrogens is 454 g/mol. The van der Waals surface area contributed by atoms with Crippen molar-refractivity contribution in [2.75, 3.05) is 0 Å². The Kier molecular flexibility index (Phi) is 5.70. The highest BCUT2D eigenvalue weighted by Crippen LogP contribution is 2.48. The number of para-hydroxylation sites is 2. The third kappa shape index (κ3) is 3.94.